The summed E-state index contributed by atoms with van der Waals surface area (Å²) in [6.45, 7) is 5.22. The molecular formula is C26H48O. The third-order valence-electron chi connectivity index (χ3n) is 9.14. The van der Waals surface area contributed by atoms with Gasteiger partial charge in [-0.05, 0) is 99.2 Å². The Kier molecular flexibility index (Phi) is 9.01. The first-order chi connectivity index (χ1) is 13.2. The van der Waals surface area contributed by atoms with Gasteiger partial charge < -0.3 is 5.11 Å². The summed E-state index contributed by atoms with van der Waals surface area (Å²) in [5.74, 6) is 6.79. The molecule has 0 aromatic rings. The lowest BCUT2D eigenvalue weighted by molar-refractivity contribution is 0.0473. The van der Waals surface area contributed by atoms with Crippen LogP contribution in [0.3, 0.4) is 0 Å². The average Bonchev–Trinajstić information content (AvgIpc) is 2.74. The smallest absolute Gasteiger partial charge is 0.0459 e. The highest BCUT2D eigenvalue weighted by molar-refractivity contribution is 4.89. The first kappa shape index (κ1) is 21.7. The molecule has 1 nitrogen and oxygen atoms in total. The van der Waals surface area contributed by atoms with E-state index in [2.05, 4.69) is 13.8 Å². The first-order valence-corrected chi connectivity index (χ1v) is 12.9. The van der Waals surface area contributed by atoms with Crippen LogP contribution < -0.4 is 0 Å². The molecule has 158 valence electrons. The van der Waals surface area contributed by atoms with Gasteiger partial charge in [0.05, 0.1) is 0 Å². The van der Waals surface area contributed by atoms with Gasteiger partial charge in [-0.3, -0.25) is 0 Å². The zero-order valence-electron chi connectivity index (χ0n) is 18.5. The third kappa shape index (κ3) is 5.97. The largest absolute Gasteiger partial charge is 0.396 e. The van der Waals surface area contributed by atoms with Crippen LogP contribution in [0.25, 0.3) is 0 Å². The van der Waals surface area contributed by atoms with Gasteiger partial charge in [-0.1, -0.05) is 58.8 Å². The predicted octanol–water partition coefficient (Wildman–Crippen LogP) is 7.61. The molecule has 3 aliphatic rings. The summed E-state index contributed by atoms with van der Waals surface area (Å²) < 4.78 is 0. The molecule has 0 aliphatic heterocycles. The Morgan fingerprint density at radius 3 is 1.93 bits per heavy atom. The number of unbranched alkanes of at least 4 members (excludes halogenated alkanes) is 2. The molecule has 0 saturated heterocycles. The molecule has 0 spiro atoms. The maximum Gasteiger partial charge on any atom is 0.0459 e. The Bertz CT molecular complexity index is 389. The van der Waals surface area contributed by atoms with E-state index in [4.69, 9.17) is 0 Å². The molecule has 0 radical (unpaired) electrons. The molecule has 1 heteroatoms. The van der Waals surface area contributed by atoms with E-state index in [-0.39, 0.29) is 0 Å². The zero-order valence-corrected chi connectivity index (χ0v) is 18.5. The Morgan fingerprint density at radius 2 is 1.30 bits per heavy atom. The highest BCUT2D eigenvalue weighted by Crippen LogP contribution is 2.49. The van der Waals surface area contributed by atoms with Crippen molar-refractivity contribution in [3.63, 3.8) is 0 Å². The SMILES string of the molecule is CCCCCC1CCC(C2CCC(C3CCC(CO)CC3)C(CC)C2)CC1. The van der Waals surface area contributed by atoms with E-state index in [1.54, 1.807) is 19.3 Å². The topological polar surface area (TPSA) is 20.2 Å². The fraction of sp³-hybridized carbons (Fsp3) is 1.00. The molecular weight excluding hydrogens is 328 g/mol. The van der Waals surface area contributed by atoms with Gasteiger partial charge in [0.1, 0.15) is 0 Å². The Balaban J connectivity index is 1.43. The van der Waals surface area contributed by atoms with E-state index < -0.39 is 0 Å². The molecule has 3 saturated carbocycles. The molecule has 0 aromatic heterocycles. The van der Waals surface area contributed by atoms with Gasteiger partial charge in [0.15, 0.2) is 0 Å². The van der Waals surface area contributed by atoms with Gasteiger partial charge in [0.25, 0.3) is 0 Å². The number of aliphatic hydroxyl groups is 1. The van der Waals surface area contributed by atoms with E-state index in [1.807, 2.05) is 0 Å². The molecule has 0 aromatic carbocycles. The van der Waals surface area contributed by atoms with E-state index in [0.717, 1.165) is 35.5 Å². The molecule has 27 heavy (non-hydrogen) atoms. The van der Waals surface area contributed by atoms with Crippen LogP contribution in [0.15, 0.2) is 0 Å². The number of hydrogen-bond donors (Lipinski definition) is 1. The van der Waals surface area contributed by atoms with Crippen LogP contribution in [-0.4, -0.2) is 11.7 Å². The Morgan fingerprint density at radius 1 is 0.667 bits per heavy atom. The predicted molar refractivity (Wildman–Crippen MR) is 117 cm³/mol. The number of hydrogen-bond acceptors (Lipinski definition) is 1. The van der Waals surface area contributed by atoms with Gasteiger partial charge in [-0.25, -0.2) is 0 Å². The van der Waals surface area contributed by atoms with Crippen molar-refractivity contribution < 1.29 is 5.11 Å². The molecule has 3 rings (SSSR count). The molecule has 3 unspecified atom stereocenters. The van der Waals surface area contributed by atoms with Crippen molar-refractivity contribution >= 4 is 0 Å². The Labute approximate surface area is 170 Å². The van der Waals surface area contributed by atoms with Gasteiger partial charge in [-0.2, -0.15) is 0 Å². The minimum absolute atomic E-state index is 0.428. The van der Waals surface area contributed by atoms with Crippen molar-refractivity contribution in [2.24, 2.45) is 41.4 Å². The minimum atomic E-state index is 0.428. The normalized spacial score (nSPS) is 40.8. The summed E-state index contributed by atoms with van der Waals surface area (Å²) in [5, 5.41) is 9.44. The number of aliphatic hydroxyl groups excluding tert-OH is 1. The summed E-state index contributed by atoms with van der Waals surface area (Å²) in [5.41, 5.74) is 0. The number of rotatable bonds is 8. The van der Waals surface area contributed by atoms with Gasteiger partial charge >= 0.3 is 0 Å². The average molecular weight is 377 g/mol. The zero-order chi connectivity index (χ0) is 19.1. The molecule has 0 heterocycles. The summed E-state index contributed by atoms with van der Waals surface area (Å²) >= 11 is 0. The lowest BCUT2D eigenvalue weighted by Gasteiger charge is -2.45. The van der Waals surface area contributed by atoms with E-state index >= 15 is 0 Å². The van der Waals surface area contributed by atoms with Crippen LogP contribution in [0.2, 0.25) is 0 Å². The second-order valence-electron chi connectivity index (χ2n) is 10.6. The van der Waals surface area contributed by atoms with Crippen molar-refractivity contribution in [1.29, 1.82) is 0 Å². The standard InChI is InChI=1S/C26H48O/c1-3-5-6-7-20-8-12-23(13-9-20)25-16-17-26(22(4-2)18-25)24-14-10-21(19-27)11-15-24/h20-27H,3-19H2,1-2H3. The van der Waals surface area contributed by atoms with Gasteiger partial charge in [-0.15, -0.1) is 0 Å². The van der Waals surface area contributed by atoms with Crippen LogP contribution >= 0.6 is 0 Å². The van der Waals surface area contributed by atoms with Crippen molar-refractivity contribution in [2.45, 2.75) is 117 Å². The maximum atomic E-state index is 9.44. The van der Waals surface area contributed by atoms with E-state index in [1.165, 1.54) is 83.5 Å². The van der Waals surface area contributed by atoms with Crippen molar-refractivity contribution in [1.82, 2.24) is 0 Å². The lowest BCUT2D eigenvalue weighted by atomic mass is 9.60. The first-order valence-electron chi connectivity index (χ1n) is 12.9. The molecule has 1 N–H and O–H groups in total. The lowest BCUT2D eigenvalue weighted by Crippen LogP contribution is -2.35. The fourth-order valence-corrected chi connectivity index (χ4v) is 7.27. The monoisotopic (exact) mass is 376 g/mol. The maximum absolute atomic E-state index is 9.44. The summed E-state index contributed by atoms with van der Waals surface area (Å²) in [7, 11) is 0. The minimum Gasteiger partial charge on any atom is -0.396 e. The van der Waals surface area contributed by atoms with Crippen molar-refractivity contribution in [3.05, 3.63) is 0 Å². The van der Waals surface area contributed by atoms with E-state index in [0.29, 0.717) is 12.5 Å². The van der Waals surface area contributed by atoms with Crippen molar-refractivity contribution in [2.75, 3.05) is 6.61 Å². The second-order valence-corrected chi connectivity index (χ2v) is 10.6. The summed E-state index contributed by atoms with van der Waals surface area (Å²) in [6.07, 6.45) is 23.4. The molecule has 3 aliphatic carbocycles. The van der Waals surface area contributed by atoms with Gasteiger partial charge in [0, 0.05) is 6.61 Å². The van der Waals surface area contributed by atoms with Gasteiger partial charge in [0.2, 0.25) is 0 Å². The van der Waals surface area contributed by atoms with Crippen LogP contribution in [0, 0.1) is 41.4 Å². The molecule has 0 amide bonds. The van der Waals surface area contributed by atoms with Crippen LogP contribution in [0.4, 0.5) is 0 Å². The summed E-state index contributed by atoms with van der Waals surface area (Å²) in [4.78, 5) is 0. The highest BCUT2D eigenvalue weighted by atomic mass is 16.3. The van der Waals surface area contributed by atoms with Crippen molar-refractivity contribution in [3.8, 4) is 0 Å². The Hall–Kier alpha value is -0.0400. The molecule has 3 fully saturated rings. The van der Waals surface area contributed by atoms with Crippen LogP contribution in [0.5, 0.6) is 0 Å². The quantitative estimate of drug-likeness (QED) is 0.432. The summed E-state index contributed by atoms with van der Waals surface area (Å²) in [6, 6.07) is 0. The highest BCUT2D eigenvalue weighted by Gasteiger charge is 2.38. The molecule has 0 bridgehead atoms. The van der Waals surface area contributed by atoms with Crippen LogP contribution in [0.1, 0.15) is 117 Å². The molecule has 3 atom stereocenters. The second kappa shape index (κ2) is 11.2. The van der Waals surface area contributed by atoms with E-state index in [9.17, 15) is 5.11 Å². The van der Waals surface area contributed by atoms with Crippen LogP contribution in [-0.2, 0) is 0 Å². The fourth-order valence-electron chi connectivity index (χ4n) is 7.27. The third-order valence-corrected chi connectivity index (χ3v) is 9.14.